The van der Waals surface area contributed by atoms with E-state index in [0.717, 1.165) is 25.7 Å². The van der Waals surface area contributed by atoms with Gasteiger partial charge in [0.05, 0.1) is 37.9 Å². The maximum absolute atomic E-state index is 11.4. The summed E-state index contributed by atoms with van der Waals surface area (Å²) in [6.45, 7) is 1.53. The van der Waals surface area contributed by atoms with E-state index in [1.165, 1.54) is 39.0 Å². The lowest BCUT2D eigenvalue weighted by Crippen LogP contribution is -2.75. The molecule has 2 unspecified atom stereocenters. The summed E-state index contributed by atoms with van der Waals surface area (Å²) < 4.78 is 29.0. The Morgan fingerprint density at radius 3 is 1.68 bits per heavy atom. The summed E-state index contributed by atoms with van der Waals surface area (Å²) in [7, 11) is 0. The standard InChI is InChI=1S/C31H61N3O13/c1-3-4-5-6-7-8-9-10-11-12-13-31(16-37)30(2,42)26(40)21(34)29(47-31)46-25-18(15-36)44-28(20(33)23(25)39)45-24-17(14-35)43-27(41)19(32)22(24)38/h17-29,35-42H,3-16,32-34H2,1-2H3/t17-,18-,19-,20-,21-,22-,23-,24?,25?,26-,27-,28+,29+,30+,31-/m1/s1. The minimum Gasteiger partial charge on any atom is -0.394 e. The summed E-state index contributed by atoms with van der Waals surface area (Å²) in [5, 5.41) is 84.5. The van der Waals surface area contributed by atoms with Crippen molar-refractivity contribution in [2.24, 2.45) is 17.2 Å². The van der Waals surface area contributed by atoms with Crippen molar-refractivity contribution in [3.63, 3.8) is 0 Å². The fourth-order valence-electron chi connectivity index (χ4n) is 6.78. The Morgan fingerprint density at radius 1 is 0.660 bits per heavy atom. The molecule has 16 nitrogen and oxygen atoms in total. The van der Waals surface area contributed by atoms with Gasteiger partial charge in [-0.15, -0.1) is 0 Å². The molecule has 0 spiro atoms. The van der Waals surface area contributed by atoms with Gasteiger partial charge in [-0.25, -0.2) is 0 Å². The molecule has 3 heterocycles. The molecule has 278 valence electrons. The highest BCUT2D eigenvalue weighted by atomic mass is 16.7. The van der Waals surface area contributed by atoms with Crippen molar-refractivity contribution in [1.29, 1.82) is 0 Å². The first-order chi connectivity index (χ1) is 22.3. The molecule has 3 aliphatic rings. The molecule has 0 aliphatic carbocycles. The van der Waals surface area contributed by atoms with Crippen LogP contribution in [0.2, 0.25) is 0 Å². The van der Waals surface area contributed by atoms with Crippen molar-refractivity contribution in [2.45, 2.75) is 175 Å². The molecule has 14 N–H and O–H groups in total. The van der Waals surface area contributed by atoms with E-state index in [1.807, 2.05) is 0 Å². The predicted octanol–water partition coefficient (Wildman–Crippen LogP) is -2.60. The van der Waals surface area contributed by atoms with Gasteiger partial charge in [0.25, 0.3) is 0 Å². The van der Waals surface area contributed by atoms with Gasteiger partial charge in [0.1, 0.15) is 53.9 Å². The van der Waals surface area contributed by atoms with Crippen LogP contribution in [-0.4, -0.2) is 152 Å². The van der Waals surface area contributed by atoms with Gasteiger partial charge in [-0.3, -0.25) is 0 Å². The molecule has 3 aliphatic heterocycles. The molecule has 3 fully saturated rings. The second-order valence-corrected chi connectivity index (χ2v) is 13.6. The molecule has 0 radical (unpaired) electrons. The summed E-state index contributed by atoms with van der Waals surface area (Å²) in [5.41, 5.74) is 14.7. The minimum atomic E-state index is -1.95. The zero-order chi connectivity index (χ0) is 34.9. The number of hydrogen-bond donors (Lipinski definition) is 11. The number of hydrogen-bond acceptors (Lipinski definition) is 16. The summed E-state index contributed by atoms with van der Waals surface area (Å²) in [6.07, 6.45) is -3.42. The topological polar surface area (TPSA) is 286 Å². The SMILES string of the molecule is CCCCCCCCCCCC[C@]1(CO)O[C@H](OC2[C@@H](CO)O[C@@H](OC3[C@@H](CO)O[C@@H](O)[C@H](N)[C@H]3O)[C@H](N)[C@H]2O)[C@H](N)[C@@H](O)[C@]1(C)O. The lowest BCUT2D eigenvalue weighted by Gasteiger charge is -2.55. The van der Waals surface area contributed by atoms with Crippen LogP contribution in [0.25, 0.3) is 0 Å². The van der Waals surface area contributed by atoms with Gasteiger partial charge in [0.15, 0.2) is 18.9 Å². The second-order valence-electron chi connectivity index (χ2n) is 13.6. The summed E-state index contributed by atoms with van der Waals surface area (Å²) in [4.78, 5) is 0. The number of nitrogens with two attached hydrogens (primary N) is 3. The lowest BCUT2D eigenvalue weighted by molar-refractivity contribution is -0.375. The molecule has 3 rings (SSSR count). The molecule has 0 saturated carbocycles. The molecule has 0 amide bonds. The van der Waals surface area contributed by atoms with E-state index in [9.17, 15) is 40.9 Å². The molecule has 3 saturated heterocycles. The van der Waals surface area contributed by atoms with Crippen LogP contribution in [0.4, 0.5) is 0 Å². The van der Waals surface area contributed by atoms with E-state index in [2.05, 4.69) is 6.92 Å². The molecular weight excluding hydrogens is 622 g/mol. The Morgan fingerprint density at radius 2 is 1.15 bits per heavy atom. The molecule has 0 aromatic carbocycles. The number of rotatable bonds is 18. The van der Waals surface area contributed by atoms with Gasteiger partial charge >= 0.3 is 0 Å². The maximum Gasteiger partial charge on any atom is 0.176 e. The second kappa shape index (κ2) is 18.6. The highest BCUT2D eigenvalue weighted by molar-refractivity contribution is 5.10. The monoisotopic (exact) mass is 683 g/mol. The highest BCUT2D eigenvalue weighted by Crippen LogP contribution is 2.42. The van der Waals surface area contributed by atoms with E-state index in [-0.39, 0.29) is 6.42 Å². The lowest BCUT2D eigenvalue weighted by atomic mass is 9.72. The van der Waals surface area contributed by atoms with Gasteiger partial charge in [-0.2, -0.15) is 0 Å². The summed E-state index contributed by atoms with van der Waals surface area (Å²) >= 11 is 0. The molecular formula is C31H61N3O13. The smallest absolute Gasteiger partial charge is 0.176 e. The number of unbranched alkanes of at least 4 members (excludes halogenated alkanes) is 9. The van der Waals surface area contributed by atoms with Crippen LogP contribution >= 0.6 is 0 Å². The minimum absolute atomic E-state index is 0.188. The van der Waals surface area contributed by atoms with E-state index < -0.39 is 111 Å². The Hall–Kier alpha value is -0.640. The maximum atomic E-state index is 11.4. The predicted molar refractivity (Wildman–Crippen MR) is 167 cm³/mol. The number of ether oxygens (including phenoxy) is 5. The van der Waals surface area contributed by atoms with Crippen molar-refractivity contribution in [3.05, 3.63) is 0 Å². The van der Waals surface area contributed by atoms with Gasteiger partial charge in [-0.05, 0) is 13.3 Å². The zero-order valence-corrected chi connectivity index (χ0v) is 27.8. The van der Waals surface area contributed by atoms with E-state index in [4.69, 9.17) is 40.9 Å². The van der Waals surface area contributed by atoms with Crippen molar-refractivity contribution < 1.29 is 64.5 Å². The van der Waals surface area contributed by atoms with Crippen molar-refractivity contribution >= 4 is 0 Å². The first-order valence-electron chi connectivity index (χ1n) is 17.1. The summed E-state index contributed by atoms with van der Waals surface area (Å²) in [5.74, 6) is 0. The van der Waals surface area contributed by atoms with Gasteiger partial charge in [-0.1, -0.05) is 71.1 Å². The zero-order valence-electron chi connectivity index (χ0n) is 27.8. The first-order valence-corrected chi connectivity index (χ1v) is 17.1. The molecule has 0 aromatic heterocycles. The third kappa shape index (κ3) is 9.38. The molecule has 0 bridgehead atoms. The first kappa shape index (κ1) is 40.8. The highest BCUT2D eigenvalue weighted by Gasteiger charge is 2.61. The normalized spacial score (nSPS) is 44.5. The van der Waals surface area contributed by atoms with Crippen LogP contribution in [0.1, 0.15) is 84.5 Å². The molecule has 15 atom stereocenters. The van der Waals surface area contributed by atoms with E-state index in [1.54, 1.807) is 0 Å². The fraction of sp³-hybridized carbons (Fsp3) is 1.00. The van der Waals surface area contributed by atoms with Crippen LogP contribution in [0.3, 0.4) is 0 Å². The van der Waals surface area contributed by atoms with Crippen LogP contribution in [-0.2, 0) is 23.7 Å². The van der Waals surface area contributed by atoms with E-state index in [0.29, 0.717) is 6.42 Å². The average molecular weight is 684 g/mol. The van der Waals surface area contributed by atoms with Crippen molar-refractivity contribution in [1.82, 2.24) is 0 Å². The Balaban J connectivity index is 1.65. The third-order valence-corrected chi connectivity index (χ3v) is 10.1. The van der Waals surface area contributed by atoms with Crippen LogP contribution in [0, 0.1) is 0 Å². The Bertz CT molecular complexity index is 905. The molecule has 47 heavy (non-hydrogen) atoms. The van der Waals surface area contributed by atoms with E-state index >= 15 is 0 Å². The number of aliphatic hydroxyl groups is 8. The Labute approximate surface area is 277 Å². The van der Waals surface area contributed by atoms with Crippen LogP contribution in [0.15, 0.2) is 0 Å². The average Bonchev–Trinajstić information content (AvgIpc) is 3.06. The quantitative estimate of drug-likeness (QED) is 0.0660. The Kier molecular flexibility index (Phi) is 16.1. The number of aliphatic hydroxyl groups excluding tert-OH is 7. The molecule has 0 aromatic rings. The van der Waals surface area contributed by atoms with Crippen LogP contribution in [0.5, 0.6) is 0 Å². The van der Waals surface area contributed by atoms with Crippen molar-refractivity contribution in [2.75, 3.05) is 19.8 Å². The van der Waals surface area contributed by atoms with Gasteiger partial charge in [0.2, 0.25) is 0 Å². The third-order valence-electron chi connectivity index (χ3n) is 10.1. The van der Waals surface area contributed by atoms with Gasteiger partial charge < -0.3 is 81.7 Å². The van der Waals surface area contributed by atoms with Gasteiger partial charge in [0, 0.05) is 0 Å². The van der Waals surface area contributed by atoms with Crippen molar-refractivity contribution in [3.8, 4) is 0 Å². The van der Waals surface area contributed by atoms with Crippen LogP contribution < -0.4 is 17.2 Å². The fourth-order valence-corrected chi connectivity index (χ4v) is 6.78. The molecule has 16 heteroatoms. The summed E-state index contributed by atoms with van der Waals surface area (Å²) in [6, 6.07) is -3.96. The largest absolute Gasteiger partial charge is 0.394 e.